The number of aromatic amines is 1. The number of fused-ring (bicyclic) bond motifs is 1. The number of rotatable bonds is 0. The van der Waals surface area contributed by atoms with E-state index >= 15 is 0 Å². The van der Waals surface area contributed by atoms with E-state index < -0.39 is 28.3 Å². The molecule has 0 fully saturated rings. The Balaban J connectivity index is 2.93. The number of benzene rings is 1. The number of aromatic nitrogens is 1. The van der Waals surface area contributed by atoms with Gasteiger partial charge in [0.15, 0.2) is 22.9 Å². The average Bonchev–Trinajstić information content (AvgIpc) is 2.26. The van der Waals surface area contributed by atoms with Crippen LogP contribution in [-0.4, -0.2) is 4.98 Å². The first-order valence-electron chi connectivity index (χ1n) is 5.43. The van der Waals surface area contributed by atoms with E-state index in [1.54, 1.807) is 0 Å². The molecule has 2 rings (SSSR count). The zero-order valence-electron chi connectivity index (χ0n) is 10.2. The van der Waals surface area contributed by atoms with Crippen LogP contribution in [0.3, 0.4) is 0 Å². The lowest BCUT2D eigenvalue weighted by atomic mass is 9.91. The van der Waals surface area contributed by atoms with Crippen LogP contribution < -0.4 is 5.43 Å². The van der Waals surface area contributed by atoms with E-state index in [4.69, 9.17) is 0 Å². The predicted octanol–water partition coefficient (Wildman–Crippen LogP) is 3.24. The molecule has 18 heavy (non-hydrogen) atoms. The summed E-state index contributed by atoms with van der Waals surface area (Å²) in [5.41, 5.74) is -0.798. The van der Waals surface area contributed by atoms with Crippen LogP contribution in [0.25, 0.3) is 10.9 Å². The summed E-state index contributed by atoms with van der Waals surface area (Å²) in [7, 11) is 0. The molecule has 2 nitrogen and oxygen atoms in total. The van der Waals surface area contributed by atoms with Crippen LogP contribution in [0.5, 0.6) is 0 Å². The fourth-order valence-corrected chi connectivity index (χ4v) is 1.70. The molecule has 2 aromatic rings. The molecule has 0 spiro atoms. The second-order valence-electron chi connectivity index (χ2n) is 5.21. The van der Waals surface area contributed by atoms with Gasteiger partial charge in [-0.3, -0.25) is 4.79 Å². The maximum Gasteiger partial charge on any atom is 0.196 e. The normalized spacial score (nSPS) is 12.1. The van der Waals surface area contributed by atoms with Crippen LogP contribution in [0.15, 0.2) is 16.9 Å². The second-order valence-corrected chi connectivity index (χ2v) is 5.21. The molecule has 1 N–H and O–H groups in total. The highest BCUT2D eigenvalue weighted by Crippen LogP contribution is 2.24. The highest BCUT2D eigenvalue weighted by Gasteiger charge is 2.20. The highest BCUT2D eigenvalue weighted by molar-refractivity contribution is 5.79. The molecule has 0 unspecified atom stereocenters. The molecule has 96 valence electrons. The summed E-state index contributed by atoms with van der Waals surface area (Å²) in [6.07, 6.45) is 0. The molecule has 0 amide bonds. The quantitative estimate of drug-likeness (QED) is 0.720. The largest absolute Gasteiger partial charge is 0.355 e. The highest BCUT2D eigenvalue weighted by atomic mass is 19.2. The van der Waals surface area contributed by atoms with Crippen molar-refractivity contribution in [2.75, 3.05) is 0 Å². The van der Waals surface area contributed by atoms with Gasteiger partial charge in [0.25, 0.3) is 0 Å². The maximum atomic E-state index is 13.6. The Morgan fingerprint density at radius 3 is 2.22 bits per heavy atom. The third-order valence-electron chi connectivity index (χ3n) is 2.77. The van der Waals surface area contributed by atoms with E-state index in [0.717, 1.165) is 0 Å². The van der Waals surface area contributed by atoms with E-state index in [-0.39, 0.29) is 10.9 Å². The van der Waals surface area contributed by atoms with Crippen molar-refractivity contribution < 1.29 is 13.2 Å². The molecule has 0 atom stereocenters. The van der Waals surface area contributed by atoms with Crippen LogP contribution in [0.1, 0.15) is 26.5 Å². The molecule has 5 heteroatoms. The summed E-state index contributed by atoms with van der Waals surface area (Å²) in [6, 6.07) is 1.98. The molecule has 0 bridgehead atoms. The Morgan fingerprint density at radius 2 is 1.67 bits per heavy atom. The smallest absolute Gasteiger partial charge is 0.196 e. The lowest BCUT2D eigenvalue weighted by molar-refractivity contribution is 0.452. The minimum atomic E-state index is -1.58. The van der Waals surface area contributed by atoms with Crippen molar-refractivity contribution in [3.8, 4) is 0 Å². The van der Waals surface area contributed by atoms with Crippen molar-refractivity contribution in [2.24, 2.45) is 0 Å². The van der Waals surface area contributed by atoms with Gasteiger partial charge in [-0.2, -0.15) is 0 Å². The molecule has 0 saturated heterocycles. The number of hydrogen-bond acceptors (Lipinski definition) is 1. The van der Waals surface area contributed by atoms with Crippen LogP contribution in [0.2, 0.25) is 0 Å². The minimum absolute atomic E-state index is 0.195. The third kappa shape index (κ3) is 1.89. The first kappa shape index (κ1) is 12.7. The van der Waals surface area contributed by atoms with Gasteiger partial charge in [-0.15, -0.1) is 0 Å². The summed E-state index contributed by atoms with van der Waals surface area (Å²) in [5, 5.41) is -0.195. The molecule has 0 aliphatic carbocycles. The summed E-state index contributed by atoms with van der Waals surface area (Å²) in [5.74, 6) is -4.31. The molecule has 0 aliphatic heterocycles. The van der Waals surface area contributed by atoms with Crippen LogP contribution in [0, 0.1) is 17.5 Å². The molecule has 0 saturated carbocycles. The van der Waals surface area contributed by atoms with Gasteiger partial charge in [-0.05, 0) is 6.07 Å². The van der Waals surface area contributed by atoms with Gasteiger partial charge in [-0.25, -0.2) is 13.2 Å². The maximum absolute atomic E-state index is 13.6. The van der Waals surface area contributed by atoms with Gasteiger partial charge in [0.1, 0.15) is 0 Å². The van der Waals surface area contributed by atoms with Gasteiger partial charge >= 0.3 is 0 Å². The number of hydrogen-bond donors (Lipinski definition) is 1. The summed E-state index contributed by atoms with van der Waals surface area (Å²) >= 11 is 0. The van der Waals surface area contributed by atoms with Gasteiger partial charge in [0, 0.05) is 17.2 Å². The van der Waals surface area contributed by atoms with Crippen molar-refractivity contribution in [1.29, 1.82) is 0 Å². The first-order chi connectivity index (χ1) is 8.21. The van der Waals surface area contributed by atoms with Gasteiger partial charge < -0.3 is 4.98 Å². The number of pyridine rings is 1. The molecule has 1 aromatic heterocycles. The first-order valence-corrected chi connectivity index (χ1v) is 5.43. The van der Waals surface area contributed by atoms with Gasteiger partial charge in [0.05, 0.1) is 10.9 Å². The Labute approximate surface area is 101 Å². The fraction of sp³-hybridized carbons (Fsp3) is 0.308. The zero-order chi connectivity index (χ0) is 13.7. The fourth-order valence-electron chi connectivity index (χ4n) is 1.70. The standard InChI is InChI=1S/C13H12F3NO/c1-13(2,3)9-5-8(18)6-4-7(14)10(15)11(16)12(6)17-9/h4-5H,1-3H3,(H,17,18). The summed E-state index contributed by atoms with van der Waals surface area (Å²) < 4.78 is 39.8. The van der Waals surface area contributed by atoms with E-state index in [2.05, 4.69) is 4.98 Å². The molecule has 0 aliphatic rings. The number of nitrogens with one attached hydrogen (secondary N) is 1. The Morgan fingerprint density at radius 1 is 1.06 bits per heavy atom. The van der Waals surface area contributed by atoms with Gasteiger partial charge in [0.2, 0.25) is 0 Å². The molecular formula is C13H12F3NO. The van der Waals surface area contributed by atoms with Crippen molar-refractivity contribution in [3.63, 3.8) is 0 Å². The van der Waals surface area contributed by atoms with E-state index in [1.165, 1.54) is 6.07 Å². The summed E-state index contributed by atoms with van der Waals surface area (Å²) in [6.45, 7) is 5.46. The summed E-state index contributed by atoms with van der Waals surface area (Å²) in [4.78, 5) is 14.4. The minimum Gasteiger partial charge on any atom is -0.355 e. The Hall–Kier alpha value is -1.78. The zero-order valence-corrected chi connectivity index (χ0v) is 10.2. The van der Waals surface area contributed by atoms with E-state index in [1.807, 2.05) is 20.8 Å². The Bertz CT molecular complexity index is 683. The van der Waals surface area contributed by atoms with E-state index in [0.29, 0.717) is 11.8 Å². The van der Waals surface area contributed by atoms with Crippen molar-refractivity contribution in [3.05, 3.63) is 45.5 Å². The Kier molecular flexibility index (Phi) is 2.72. The third-order valence-corrected chi connectivity index (χ3v) is 2.77. The predicted molar refractivity (Wildman–Crippen MR) is 63.1 cm³/mol. The second kappa shape index (κ2) is 3.86. The lowest BCUT2D eigenvalue weighted by Crippen LogP contribution is -2.18. The van der Waals surface area contributed by atoms with Crippen LogP contribution in [0.4, 0.5) is 13.2 Å². The average molecular weight is 255 g/mol. The monoisotopic (exact) mass is 255 g/mol. The number of halogens is 3. The van der Waals surface area contributed by atoms with Crippen molar-refractivity contribution >= 4 is 10.9 Å². The molecular weight excluding hydrogens is 243 g/mol. The van der Waals surface area contributed by atoms with Crippen LogP contribution >= 0.6 is 0 Å². The topological polar surface area (TPSA) is 32.9 Å². The SMILES string of the molecule is CC(C)(C)c1cc(=O)c2cc(F)c(F)c(F)c2[nH]1. The van der Waals surface area contributed by atoms with Crippen LogP contribution in [-0.2, 0) is 5.41 Å². The van der Waals surface area contributed by atoms with Gasteiger partial charge in [-0.1, -0.05) is 20.8 Å². The van der Waals surface area contributed by atoms with Crippen molar-refractivity contribution in [1.82, 2.24) is 4.98 Å². The molecule has 1 aromatic carbocycles. The molecule has 1 heterocycles. The number of H-pyrrole nitrogens is 1. The van der Waals surface area contributed by atoms with Crippen molar-refractivity contribution in [2.45, 2.75) is 26.2 Å². The lowest BCUT2D eigenvalue weighted by Gasteiger charge is -2.19. The van der Waals surface area contributed by atoms with E-state index in [9.17, 15) is 18.0 Å². The molecule has 0 radical (unpaired) electrons.